The molecule has 0 saturated heterocycles. The minimum absolute atomic E-state index is 0.280. The number of hydrogen-bond acceptors (Lipinski definition) is 8. The van der Waals surface area contributed by atoms with Crippen molar-refractivity contribution in [1.82, 2.24) is 35.2 Å². The first-order valence-electron chi connectivity index (χ1n) is 15.5. The molecule has 46 heavy (non-hydrogen) atoms. The van der Waals surface area contributed by atoms with Crippen LogP contribution in [0.3, 0.4) is 0 Å². The number of carbonyl (C=O) groups is 1. The van der Waals surface area contributed by atoms with Crippen LogP contribution in [0, 0.1) is 0 Å². The molecule has 5 aromatic rings. The summed E-state index contributed by atoms with van der Waals surface area (Å²) in [5.74, 6) is 1.17. The van der Waals surface area contributed by atoms with E-state index in [9.17, 15) is 4.79 Å². The summed E-state index contributed by atoms with van der Waals surface area (Å²) in [5, 5.41) is 19.3. The third-order valence-electron chi connectivity index (χ3n) is 8.57. The fourth-order valence-electron chi connectivity index (χ4n) is 6.02. The second-order valence-electron chi connectivity index (χ2n) is 11.6. The van der Waals surface area contributed by atoms with Gasteiger partial charge in [0.1, 0.15) is 12.4 Å². The van der Waals surface area contributed by atoms with Gasteiger partial charge in [0.25, 0.3) is 0 Å². The Morgan fingerprint density at radius 2 is 1.85 bits per heavy atom. The van der Waals surface area contributed by atoms with E-state index in [0.29, 0.717) is 23.1 Å². The molecule has 10 heteroatoms. The smallest absolute Gasteiger partial charge is 0.337 e. The van der Waals surface area contributed by atoms with Gasteiger partial charge in [0.15, 0.2) is 5.65 Å². The molecule has 1 saturated carbocycles. The molecule has 3 aromatic heterocycles. The minimum atomic E-state index is -0.387. The number of ether oxygens (including phenoxy) is 2. The first kappa shape index (κ1) is 30.6. The molecule has 0 spiro atoms. The first-order chi connectivity index (χ1) is 22.5. The number of nitrogens with zero attached hydrogens (tertiary/aromatic N) is 6. The van der Waals surface area contributed by atoms with E-state index in [0.717, 1.165) is 63.1 Å². The number of aromatic nitrogens is 7. The number of esters is 1. The van der Waals surface area contributed by atoms with Gasteiger partial charge in [-0.25, -0.2) is 14.3 Å². The van der Waals surface area contributed by atoms with Gasteiger partial charge in [-0.3, -0.25) is 0 Å². The van der Waals surface area contributed by atoms with Gasteiger partial charge in [-0.05, 0) is 78.4 Å². The van der Waals surface area contributed by atoms with Crippen LogP contribution >= 0.6 is 0 Å². The number of aromatic amines is 1. The number of nitrogens with one attached hydrogen (secondary N) is 1. The Labute approximate surface area is 267 Å². The SMILES string of the molecule is C=C/C(C)=C\C=C(/C)c1ccc(C(=O)OC)cc1COc1ccc(-c2cnc3c(-c4nn[nH]n4)cnn3c2C2CCCCC2)cc1. The van der Waals surface area contributed by atoms with Gasteiger partial charge in [-0.2, -0.15) is 10.3 Å². The zero-order valence-corrected chi connectivity index (χ0v) is 26.4. The van der Waals surface area contributed by atoms with E-state index in [4.69, 9.17) is 19.6 Å². The number of rotatable bonds is 10. The number of hydrogen-bond donors (Lipinski definition) is 1. The molecule has 0 radical (unpaired) electrons. The van der Waals surface area contributed by atoms with Crippen molar-refractivity contribution in [2.24, 2.45) is 0 Å². The van der Waals surface area contributed by atoms with Crippen molar-refractivity contribution in [3.8, 4) is 28.3 Å². The molecular weight excluding hydrogens is 578 g/mol. The van der Waals surface area contributed by atoms with E-state index in [-0.39, 0.29) is 12.6 Å². The lowest BCUT2D eigenvalue weighted by Crippen LogP contribution is -2.12. The van der Waals surface area contributed by atoms with Crippen molar-refractivity contribution in [2.45, 2.75) is 58.5 Å². The second-order valence-corrected chi connectivity index (χ2v) is 11.6. The van der Waals surface area contributed by atoms with Crippen LogP contribution in [-0.2, 0) is 11.3 Å². The Bertz CT molecular complexity index is 1920. The summed E-state index contributed by atoms with van der Waals surface area (Å²) in [6.07, 6.45) is 15.4. The Morgan fingerprint density at radius 1 is 1.04 bits per heavy atom. The Balaban J connectivity index is 1.30. The number of H-pyrrole nitrogens is 1. The lowest BCUT2D eigenvalue weighted by Gasteiger charge is -2.25. The largest absolute Gasteiger partial charge is 0.489 e. The van der Waals surface area contributed by atoms with Gasteiger partial charge in [0.2, 0.25) is 5.82 Å². The predicted molar refractivity (Wildman–Crippen MR) is 177 cm³/mol. The van der Waals surface area contributed by atoms with E-state index in [1.165, 1.54) is 26.4 Å². The molecule has 3 heterocycles. The average molecular weight is 616 g/mol. The summed E-state index contributed by atoms with van der Waals surface area (Å²) >= 11 is 0. The van der Waals surface area contributed by atoms with Crippen molar-refractivity contribution < 1.29 is 14.3 Å². The van der Waals surface area contributed by atoms with Crippen LogP contribution in [0.15, 0.2) is 85.2 Å². The van der Waals surface area contributed by atoms with E-state index in [1.54, 1.807) is 12.3 Å². The van der Waals surface area contributed by atoms with Crippen LogP contribution in [-0.4, -0.2) is 48.3 Å². The minimum Gasteiger partial charge on any atom is -0.489 e. The highest BCUT2D eigenvalue weighted by atomic mass is 16.5. The summed E-state index contributed by atoms with van der Waals surface area (Å²) in [4.78, 5) is 17.1. The normalized spacial score (nSPS) is 14.4. The summed E-state index contributed by atoms with van der Waals surface area (Å²) in [6, 6.07) is 13.6. The Kier molecular flexibility index (Phi) is 9.14. The number of fused-ring (bicyclic) bond motifs is 1. The average Bonchev–Trinajstić information content (AvgIpc) is 3.80. The molecule has 2 aromatic carbocycles. The number of tetrazole rings is 1. The topological polar surface area (TPSA) is 120 Å². The molecule has 0 unspecified atom stereocenters. The van der Waals surface area contributed by atoms with Crippen molar-refractivity contribution >= 4 is 17.2 Å². The maximum Gasteiger partial charge on any atom is 0.337 e. The lowest BCUT2D eigenvalue weighted by molar-refractivity contribution is 0.0600. The molecular formula is C36H37N7O3. The third kappa shape index (κ3) is 6.37. The third-order valence-corrected chi connectivity index (χ3v) is 8.57. The van der Waals surface area contributed by atoms with Crippen LogP contribution in [0.4, 0.5) is 0 Å². The first-order valence-corrected chi connectivity index (χ1v) is 15.5. The van der Waals surface area contributed by atoms with Crippen LogP contribution in [0.2, 0.25) is 0 Å². The molecule has 10 nitrogen and oxygen atoms in total. The van der Waals surface area contributed by atoms with Gasteiger partial charge in [0.05, 0.1) is 30.1 Å². The number of allylic oxidation sites excluding steroid dienone is 5. The Morgan fingerprint density at radius 3 is 2.57 bits per heavy atom. The van der Waals surface area contributed by atoms with E-state index < -0.39 is 0 Å². The molecule has 6 rings (SSSR count). The second kappa shape index (κ2) is 13.7. The molecule has 1 fully saturated rings. The maximum absolute atomic E-state index is 12.3. The standard InChI is InChI=1S/C36H37N7O3/c1-5-23(2)11-12-24(3)30-18-15-27(36(44)45-4)19-28(30)22-46-29-16-13-25(14-17-29)31-20-37-35-32(34-39-41-42-40-34)21-38-43(35)33(31)26-9-7-6-8-10-26/h5,11-21,26H,1,6-10,22H2,2-4H3,(H,39,40,41,42)/b23-11-,24-12+. The fraction of sp³-hybridized carbons (Fsp3) is 0.278. The van der Waals surface area contributed by atoms with Crippen molar-refractivity contribution in [2.75, 3.05) is 7.11 Å². The van der Waals surface area contributed by atoms with E-state index in [1.807, 2.05) is 67.1 Å². The molecule has 0 amide bonds. The van der Waals surface area contributed by atoms with Gasteiger partial charge in [-0.1, -0.05) is 67.8 Å². The van der Waals surface area contributed by atoms with Crippen molar-refractivity contribution in [3.63, 3.8) is 0 Å². The monoisotopic (exact) mass is 615 g/mol. The van der Waals surface area contributed by atoms with Gasteiger partial charge >= 0.3 is 5.97 Å². The predicted octanol–water partition coefficient (Wildman–Crippen LogP) is 7.53. The van der Waals surface area contributed by atoms with Gasteiger partial charge in [0, 0.05) is 17.7 Å². The molecule has 1 aliphatic rings. The summed E-state index contributed by atoms with van der Waals surface area (Å²) in [5.41, 5.74) is 9.16. The van der Waals surface area contributed by atoms with Crippen LogP contribution in [0.1, 0.15) is 79.0 Å². The highest BCUT2D eigenvalue weighted by Crippen LogP contribution is 2.39. The molecule has 0 aliphatic heterocycles. The van der Waals surface area contributed by atoms with Crippen molar-refractivity contribution in [1.29, 1.82) is 0 Å². The molecule has 234 valence electrons. The van der Waals surface area contributed by atoms with Gasteiger partial charge in [-0.15, -0.1) is 10.2 Å². The number of benzene rings is 2. The zero-order valence-electron chi connectivity index (χ0n) is 26.4. The zero-order chi connectivity index (χ0) is 32.0. The van der Waals surface area contributed by atoms with Crippen LogP contribution in [0.5, 0.6) is 5.75 Å². The summed E-state index contributed by atoms with van der Waals surface area (Å²) in [6.45, 7) is 8.14. The molecule has 1 aliphatic carbocycles. The summed E-state index contributed by atoms with van der Waals surface area (Å²) in [7, 11) is 1.38. The van der Waals surface area contributed by atoms with Crippen LogP contribution < -0.4 is 4.74 Å². The fourth-order valence-corrected chi connectivity index (χ4v) is 6.02. The van der Waals surface area contributed by atoms with E-state index in [2.05, 4.69) is 39.3 Å². The molecule has 0 atom stereocenters. The maximum atomic E-state index is 12.3. The molecule has 1 N–H and O–H groups in total. The number of carbonyl (C=O) groups excluding carboxylic acids is 1. The quantitative estimate of drug-likeness (QED) is 0.126. The Hall–Kier alpha value is -5.38. The highest BCUT2D eigenvalue weighted by molar-refractivity contribution is 5.90. The highest BCUT2D eigenvalue weighted by Gasteiger charge is 2.25. The van der Waals surface area contributed by atoms with Crippen LogP contribution in [0.25, 0.3) is 33.7 Å². The lowest BCUT2D eigenvalue weighted by atomic mass is 9.84. The van der Waals surface area contributed by atoms with E-state index >= 15 is 0 Å². The van der Waals surface area contributed by atoms with Gasteiger partial charge < -0.3 is 9.47 Å². The van der Waals surface area contributed by atoms with Crippen molar-refractivity contribution in [3.05, 3.63) is 108 Å². The molecule has 0 bridgehead atoms. The number of methoxy groups -OCH3 is 1. The summed E-state index contributed by atoms with van der Waals surface area (Å²) < 4.78 is 13.2.